The molecule has 2 aromatic carbocycles. The van der Waals surface area contributed by atoms with Crippen LogP contribution in [0.1, 0.15) is 31.4 Å². The molecule has 0 bridgehead atoms. The molecule has 0 radical (unpaired) electrons. The molecule has 4 heteroatoms. The van der Waals surface area contributed by atoms with Gasteiger partial charge in [0.2, 0.25) is 0 Å². The average molecular weight is 341 g/mol. The summed E-state index contributed by atoms with van der Waals surface area (Å²) in [5.74, 6) is 0. The molecule has 128 valence electrons. The van der Waals surface area contributed by atoms with E-state index in [4.69, 9.17) is 15.9 Å². The first-order valence-electron chi connectivity index (χ1n) is 8.89. The van der Waals surface area contributed by atoms with E-state index in [1.54, 1.807) is 0 Å². The number of hydrogen-bond acceptors (Lipinski definition) is 3. The number of hydrogen-bond donors (Lipinski definition) is 2. The predicted molar refractivity (Wildman–Crippen MR) is 102 cm³/mol. The molecule has 24 heavy (non-hydrogen) atoms. The highest BCUT2D eigenvalue weighted by atomic mass is 28.4. The molecule has 1 saturated heterocycles. The van der Waals surface area contributed by atoms with Gasteiger partial charge in [-0.3, -0.25) is 0 Å². The molecule has 0 atom stereocenters. The summed E-state index contributed by atoms with van der Waals surface area (Å²) in [6.07, 6.45) is 0.782. The van der Waals surface area contributed by atoms with Crippen molar-refractivity contribution in [3.05, 3.63) is 71.8 Å². The zero-order valence-electron chi connectivity index (χ0n) is 14.7. The second-order valence-corrected chi connectivity index (χ2v) is 11.4. The third-order valence-electron chi connectivity index (χ3n) is 5.67. The molecule has 2 aromatic rings. The van der Waals surface area contributed by atoms with Crippen LogP contribution in [0.5, 0.6) is 0 Å². The third-order valence-corrected chi connectivity index (χ3v) is 10.1. The summed E-state index contributed by atoms with van der Waals surface area (Å²) in [7, 11) is -1.88. The first-order chi connectivity index (χ1) is 11.5. The van der Waals surface area contributed by atoms with Crippen LogP contribution in [0.3, 0.4) is 0 Å². The molecule has 0 amide bonds. The molecule has 1 heterocycles. The summed E-state index contributed by atoms with van der Waals surface area (Å²) >= 11 is 0. The van der Waals surface area contributed by atoms with Gasteiger partial charge in [-0.1, -0.05) is 74.5 Å². The van der Waals surface area contributed by atoms with Gasteiger partial charge in [0, 0.05) is 0 Å². The fourth-order valence-electron chi connectivity index (χ4n) is 4.00. The van der Waals surface area contributed by atoms with Crippen molar-refractivity contribution in [3.8, 4) is 0 Å². The third kappa shape index (κ3) is 2.64. The predicted octanol–water partition coefficient (Wildman–Crippen LogP) is 3.95. The number of nitrogens with two attached hydrogens (primary N) is 2. The minimum absolute atomic E-state index is 0.782. The monoisotopic (exact) mass is 340 g/mol. The van der Waals surface area contributed by atoms with Crippen molar-refractivity contribution in [3.63, 3.8) is 0 Å². The topological polar surface area (TPSA) is 61.3 Å². The van der Waals surface area contributed by atoms with Crippen molar-refractivity contribution >= 4 is 8.32 Å². The number of benzene rings is 2. The van der Waals surface area contributed by atoms with Gasteiger partial charge in [0.05, 0.1) is 0 Å². The second kappa shape index (κ2) is 6.45. The molecule has 0 aromatic heterocycles. The molecule has 3 rings (SSSR count). The van der Waals surface area contributed by atoms with E-state index in [9.17, 15) is 0 Å². The van der Waals surface area contributed by atoms with Crippen molar-refractivity contribution in [1.82, 2.24) is 0 Å². The van der Waals surface area contributed by atoms with Crippen LogP contribution in [0, 0.1) is 0 Å². The lowest BCUT2D eigenvalue weighted by Crippen LogP contribution is -2.72. The van der Waals surface area contributed by atoms with Gasteiger partial charge >= 0.3 is 0 Å². The lowest BCUT2D eigenvalue weighted by molar-refractivity contribution is -0.00770. The molecule has 3 nitrogen and oxygen atoms in total. The van der Waals surface area contributed by atoms with E-state index in [-0.39, 0.29) is 0 Å². The Balaban J connectivity index is 2.26. The zero-order chi connectivity index (χ0) is 17.3. The Labute approximate surface area is 146 Å². The van der Waals surface area contributed by atoms with Gasteiger partial charge < -0.3 is 15.9 Å². The van der Waals surface area contributed by atoms with Crippen LogP contribution in [-0.4, -0.2) is 14.0 Å². The zero-order valence-corrected chi connectivity index (χ0v) is 15.7. The van der Waals surface area contributed by atoms with Gasteiger partial charge in [-0.15, -0.1) is 0 Å². The fourth-order valence-corrected chi connectivity index (χ4v) is 7.54. The van der Waals surface area contributed by atoms with Crippen LogP contribution < -0.4 is 11.5 Å². The Morgan fingerprint density at radius 1 is 0.875 bits per heavy atom. The Morgan fingerprint density at radius 3 is 1.75 bits per heavy atom. The standard InChI is InChI=1S/C20H28N2OSi/c1-3-24(4-2)16-15-19(21,22)20(23-24,17-11-7-5-8-12-17)18-13-9-6-10-14-18/h5-14H,3-4,15-16,21-22H2,1-2H3. The van der Waals surface area contributed by atoms with Gasteiger partial charge in [0.25, 0.3) is 0 Å². The average Bonchev–Trinajstić information content (AvgIpc) is 2.64. The van der Waals surface area contributed by atoms with Crippen molar-refractivity contribution in [1.29, 1.82) is 0 Å². The van der Waals surface area contributed by atoms with E-state index in [1.165, 1.54) is 0 Å². The first kappa shape index (κ1) is 17.4. The maximum absolute atomic E-state index is 7.04. The SMILES string of the molecule is CC[Si]1(CC)CCC(N)(N)C(c2ccccc2)(c2ccccc2)O1. The minimum atomic E-state index is -1.88. The van der Waals surface area contributed by atoms with Crippen LogP contribution in [0.25, 0.3) is 0 Å². The van der Waals surface area contributed by atoms with E-state index >= 15 is 0 Å². The van der Waals surface area contributed by atoms with Crippen molar-refractivity contribution in [2.75, 3.05) is 0 Å². The lowest BCUT2D eigenvalue weighted by atomic mass is 9.75. The Hall–Kier alpha value is -1.46. The van der Waals surface area contributed by atoms with Crippen LogP contribution in [0.4, 0.5) is 0 Å². The van der Waals surface area contributed by atoms with Crippen LogP contribution in [0.15, 0.2) is 60.7 Å². The maximum Gasteiger partial charge on any atom is 0.194 e. The van der Waals surface area contributed by atoms with Crippen LogP contribution >= 0.6 is 0 Å². The van der Waals surface area contributed by atoms with Gasteiger partial charge in [-0.05, 0) is 35.7 Å². The molecular weight excluding hydrogens is 312 g/mol. The van der Waals surface area contributed by atoms with E-state index in [0.717, 1.165) is 35.7 Å². The van der Waals surface area contributed by atoms with E-state index < -0.39 is 19.6 Å². The highest BCUT2D eigenvalue weighted by molar-refractivity contribution is 6.74. The molecule has 1 aliphatic heterocycles. The lowest BCUT2D eigenvalue weighted by Gasteiger charge is -2.56. The largest absolute Gasteiger partial charge is 0.400 e. The van der Waals surface area contributed by atoms with Crippen molar-refractivity contribution in [2.45, 2.75) is 49.7 Å². The van der Waals surface area contributed by atoms with Crippen LogP contribution in [0.2, 0.25) is 18.1 Å². The Bertz CT molecular complexity index is 629. The van der Waals surface area contributed by atoms with Gasteiger partial charge in [-0.2, -0.15) is 0 Å². The second-order valence-electron chi connectivity index (χ2n) is 6.95. The summed E-state index contributed by atoms with van der Waals surface area (Å²) in [5.41, 5.74) is 13.8. The van der Waals surface area contributed by atoms with Crippen LogP contribution in [-0.2, 0) is 10.0 Å². The highest BCUT2D eigenvalue weighted by Gasteiger charge is 2.58. The van der Waals surface area contributed by atoms with Gasteiger partial charge in [0.1, 0.15) is 11.3 Å². The minimum Gasteiger partial charge on any atom is -0.400 e. The fraction of sp³-hybridized carbons (Fsp3) is 0.400. The molecule has 0 saturated carbocycles. The summed E-state index contributed by atoms with van der Waals surface area (Å²) in [6.45, 7) is 4.49. The smallest absolute Gasteiger partial charge is 0.194 e. The normalized spacial score (nSPS) is 21.3. The molecular formula is C20H28N2OSi. The first-order valence-corrected chi connectivity index (χ1v) is 11.4. The molecule has 0 spiro atoms. The van der Waals surface area contributed by atoms with Crippen molar-refractivity contribution < 1.29 is 4.43 Å². The summed E-state index contributed by atoms with van der Waals surface area (Å²) in [5, 5.41) is 0. The van der Waals surface area contributed by atoms with E-state index in [2.05, 4.69) is 38.1 Å². The van der Waals surface area contributed by atoms with Gasteiger partial charge in [-0.25, -0.2) is 0 Å². The number of rotatable bonds is 4. The molecule has 4 N–H and O–H groups in total. The highest BCUT2D eigenvalue weighted by Crippen LogP contribution is 2.50. The maximum atomic E-state index is 7.04. The quantitative estimate of drug-likeness (QED) is 0.654. The van der Waals surface area contributed by atoms with Gasteiger partial charge in [0.15, 0.2) is 8.32 Å². The van der Waals surface area contributed by atoms with E-state index in [0.29, 0.717) is 0 Å². The molecule has 0 aliphatic carbocycles. The summed E-state index contributed by atoms with van der Waals surface area (Å²) in [6, 6.07) is 23.8. The molecule has 1 aliphatic rings. The summed E-state index contributed by atoms with van der Waals surface area (Å²) < 4.78 is 7.04. The van der Waals surface area contributed by atoms with Crippen molar-refractivity contribution in [2.24, 2.45) is 11.5 Å². The Kier molecular flexibility index (Phi) is 4.66. The molecule has 1 fully saturated rings. The summed E-state index contributed by atoms with van der Waals surface area (Å²) in [4.78, 5) is 0. The molecule has 0 unspecified atom stereocenters. The van der Waals surface area contributed by atoms with E-state index in [1.807, 2.05) is 36.4 Å². The Morgan fingerprint density at radius 2 is 1.33 bits per heavy atom.